The number of benzene rings is 2. The molecule has 0 atom stereocenters. The number of likely N-dealkylation sites (N-methyl/N-ethyl adjacent to an activating group) is 1. The van der Waals surface area contributed by atoms with E-state index in [0.29, 0.717) is 16.7 Å². The first-order chi connectivity index (χ1) is 17.2. The molecule has 1 aliphatic rings. The maximum atomic E-state index is 6.57. The normalized spacial score (nSPS) is 15.1. The lowest BCUT2D eigenvalue weighted by Crippen LogP contribution is -2.44. The number of amidine groups is 1. The minimum atomic E-state index is 0.510. The summed E-state index contributed by atoms with van der Waals surface area (Å²) in [6, 6.07) is 10.5. The number of nitrogens with one attached hydrogen (secondary N) is 2. The van der Waals surface area contributed by atoms with Gasteiger partial charge in [0.1, 0.15) is 5.82 Å². The SMILES string of the molecule is C=C(/N=C(Nc1cccc(CC)c1C(=C)C)\C(Cl)=C/C)Nc1ccc(N2CCN(C)CC2)c(C)c1C. The molecule has 1 fully saturated rings. The monoisotopic (exact) mass is 505 g/mol. The first-order valence-electron chi connectivity index (χ1n) is 12.6. The van der Waals surface area contributed by atoms with Crippen molar-refractivity contribution in [2.24, 2.45) is 4.99 Å². The highest BCUT2D eigenvalue weighted by Crippen LogP contribution is 2.31. The lowest BCUT2D eigenvalue weighted by molar-refractivity contribution is 0.312. The van der Waals surface area contributed by atoms with E-state index in [4.69, 9.17) is 16.6 Å². The van der Waals surface area contributed by atoms with Crippen molar-refractivity contribution >= 4 is 40.1 Å². The highest BCUT2D eigenvalue weighted by Gasteiger charge is 2.18. The van der Waals surface area contributed by atoms with E-state index >= 15 is 0 Å². The number of allylic oxidation sites excluding steroid dienone is 2. The van der Waals surface area contributed by atoms with Crippen LogP contribution in [0.1, 0.15) is 43.0 Å². The lowest BCUT2D eigenvalue weighted by Gasteiger charge is -2.35. The Morgan fingerprint density at radius 2 is 1.72 bits per heavy atom. The molecule has 0 bridgehead atoms. The largest absolute Gasteiger partial charge is 0.369 e. The molecular weight excluding hydrogens is 466 g/mol. The molecule has 1 aliphatic heterocycles. The van der Waals surface area contributed by atoms with E-state index in [1.807, 2.05) is 32.1 Å². The summed E-state index contributed by atoms with van der Waals surface area (Å²) in [6.45, 7) is 23.0. The molecule has 2 aromatic rings. The Kier molecular flexibility index (Phi) is 9.41. The molecule has 0 aliphatic carbocycles. The average Bonchev–Trinajstić information content (AvgIpc) is 2.86. The summed E-state index contributed by atoms with van der Waals surface area (Å²) in [4.78, 5) is 9.58. The van der Waals surface area contributed by atoms with Gasteiger partial charge in [-0.1, -0.05) is 49.9 Å². The summed E-state index contributed by atoms with van der Waals surface area (Å²) in [5.74, 6) is 1.05. The zero-order valence-electron chi connectivity index (χ0n) is 22.6. The summed E-state index contributed by atoms with van der Waals surface area (Å²) >= 11 is 6.57. The number of rotatable bonds is 8. The van der Waals surface area contributed by atoms with Crippen molar-refractivity contribution in [2.45, 2.75) is 41.0 Å². The second-order valence-electron chi connectivity index (χ2n) is 9.44. The number of halogens is 1. The van der Waals surface area contributed by atoms with E-state index in [1.165, 1.54) is 22.4 Å². The second-order valence-corrected chi connectivity index (χ2v) is 9.85. The van der Waals surface area contributed by atoms with Crippen molar-refractivity contribution < 1.29 is 0 Å². The number of aliphatic imine (C=N–C) groups is 1. The fourth-order valence-electron chi connectivity index (χ4n) is 4.56. The minimum Gasteiger partial charge on any atom is -0.369 e. The first kappa shape index (κ1) is 27.6. The molecule has 0 amide bonds. The molecule has 2 N–H and O–H groups in total. The van der Waals surface area contributed by atoms with Gasteiger partial charge in [-0.05, 0) is 81.6 Å². The van der Waals surface area contributed by atoms with Gasteiger partial charge in [0.15, 0.2) is 5.84 Å². The van der Waals surface area contributed by atoms with Crippen LogP contribution in [0.4, 0.5) is 17.1 Å². The Balaban J connectivity index is 1.85. The molecule has 2 aromatic carbocycles. The Bertz CT molecular complexity index is 1190. The molecule has 3 rings (SSSR count). The van der Waals surface area contributed by atoms with Gasteiger partial charge in [0.05, 0.1) is 5.03 Å². The maximum Gasteiger partial charge on any atom is 0.151 e. The molecule has 0 spiro atoms. The number of anilines is 3. The smallest absolute Gasteiger partial charge is 0.151 e. The van der Waals surface area contributed by atoms with E-state index in [-0.39, 0.29) is 0 Å². The van der Waals surface area contributed by atoms with E-state index in [0.717, 1.165) is 55.1 Å². The van der Waals surface area contributed by atoms with Crippen LogP contribution < -0.4 is 15.5 Å². The van der Waals surface area contributed by atoms with Gasteiger partial charge in [-0.25, -0.2) is 4.99 Å². The maximum absolute atomic E-state index is 6.57. The number of aryl methyl sites for hydroxylation is 1. The number of nitrogens with zero attached hydrogens (tertiary/aromatic N) is 3. The standard InChI is InChI=1S/C30H40ClN5/c1-9-24-12-11-13-27(29(24)20(3)4)34-30(25(31)10-2)33-23(7)32-26-14-15-28(22(6)21(26)5)36-18-16-35(8)17-19-36/h10-15,32H,3,7,9,16-19H2,1-2,4-6,8H3,(H,33,34)/b25-10+. The molecule has 0 unspecified atom stereocenters. The van der Waals surface area contributed by atoms with Crippen LogP contribution in [0.2, 0.25) is 0 Å². The molecule has 0 aromatic heterocycles. The lowest BCUT2D eigenvalue weighted by atomic mass is 9.98. The summed E-state index contributed by atoms with van der Waals surface area (Å²) in [5.41, 5.74) is 8.99. The molecule has 1 saturated heterocycles. The fourth-order valence-corrected chi connectivity index (χ4v) is 4.65. The highest BCUT2D eigenvalue weighted by atomic mass is 35.5. The van der Waals surface area contributed by atoms with E-state index in [1.54, 1.807) is 0 Å². The minimum absolute atomic E-state index is 0.510. The van der Waals surface area contributed by atoms with Crippen LogP contribution >= 0.6 is 11.6 Å². The van der Waals surface area contributed by atoms with Crippen LogP contribution in [0.15, 0.2) is 65.4 Å². The summed E-state index contributed by atoms with van der Waals surface area (Å²) in [6.07, 6.45) is 2.74. The van der Waals surface area contributed by atoms with E-state index in [9.17, 15) is 0 Å². The highest BCUT2D eigenvalue weighted by molar-refractivity contribution is 6.45. The molecule has 192 valence electrons. The number of hydrogen-bond donors (Lipinski definition) is 2. The third-order valence-corrected chi connectivity index (χ3v) is 7.22. The van der Waals surface area contributed by atoms with Crippen LogP contribution in [0.3, 0.4) is 0 Å². The molecule has 5 nitrogen and oxygen atoms in total. The van der Waals surface area contributed by atoms with E-state index < -0.39 is 0 Å². The Labute approximate surface area is 222 Å². The Hall–Kier alpha value is -3.02. The fraction of sp³-hybridized carbons (Fsp3) is 0.367. The van der Waals surface area contributed by atoms with Gasteiger partial charge >= 0.3 is 0 Å². The van der Waals surface area contributed by atoms with Crippen molar-refractivity contribution in [3.05, 3.63) is 82.7 Å². The van der Waals surface area contributed by atoms with Gasteiger partial charge in [0.2, 0.25) is 0 Å². The zero-order chi connectivity index (χ0) is 26.4. The number of piperazine rings is 1. The van der Waals surface area contributed by atoms with Gasteiger partial charge in [0, 0.05) is 48.8 Å². The van der Waals surface area contributed by atoms with Crippen molar-refractivity contribution in [1.82, 2.24) is 4.90 Å². The molecule has 36 heavy (non-hydrogen) atoms. The predicted octanol–water partition coefficient (Wildman–Crippen LogP) is 7.19. The van der Waals surface area contributed by atoms with E-state index in [2.05, 4.69) is 79.6 Å². The van der Waals surface area contributed by atoms with Crippen molar-refractivity contribution in [2.75, 3.05) is 48.8 Å². The average molecular weight is 506 g/mol. The van der Waals surface area contributed by atoms with Gasteiger partial charge in [-0.3, -0.25) is 0 Å². The third kappa shape index (κ3) is 6.40. The molecular formula is C30H40ClN5. The summed E-state index contributed by atoms with van der Waals surface area (Å²) < 4.78 is 0. The van der Waals surface area contributed by atoms with Gasteiger partial charge in [0.25, 0.3) is 0 Å². The van der Waals surface area contributed by atoms with Gasteiger partial charge in [-0.15, -0.1) is 0 Å². The van der Waals surface area contributed by atoms with Crippen molar-refractivity contribution in [3.8, 4) is 0 Å². The van der Waals surface area contributed by atoms with Crippen molar-refractivity contribution in [1.29, 1.82) is 0 Å². The molecule has 6 heteroatoms. The molecule has 1 heterocycles. The summed E-state index contributed by atoms with van der Waals surface area (Å²) in [5, 5.41) is 7.34. The molecule has 0 saturated carbocycles. The summed E-state index contributed by atoms with van der Waals surface area (Å²) in [7, 11) is 2.18. The van der Waals surface area contributed by atoms with Gasteiger partial charge in [-0.2, -0.15) is 0 Å². The Morgan fingerprint density at radius 3 is 2.33 bits per heavy atom. The van der Waals surface area contributed by atoms with Crippen LogP contribution in [-0.2, 0) is 6.42 Å². The quantitative estimate of drug-likeness (QED) is 0.294. The van der Waals surface area contributed by atoms with Crippen LogP contribution in [0, 0.1) is 13.8 Å². The topological polar surface area (TPSA) is 42.9 Å². The van der Waals surface area contributed by atoms with Crippen LogP contribution in [0.5, 0.6) is 0 Å². The number of hydrogen-bond acceptors (Lipinski definition) is 4. The van der Waals surface area contributed by atoms with Crippen LogP contribution in [-0.4, -0.2) is 44.0 Å². The second kappa shape index (κ2) is 12.3. The Morgan fingerprint density at radius 1 is 1.03 bits per heavy atom. The zero-order valence-corrected chi connectivity index (χ0v) is 23.4. The third-order valence-electron chi connectivity index (χ3n) is 6.82. The molecule has 0 radical (unpaired) electrons. The van der Waals surface area contributed by atoms with Crippen molar-refractivity contribution in [3.63, 3.8) is 0 Å². The predicted molar refractivity (Wildman–Crippen MR) is 160 cm³/mol. The van der Waals surface area contributed by atoms with Crippen LogP contribution in [0.25, 0.3) is 5.57 Å². The first-order valence-corrected chi connectivity index (χ1v) is 13.0. The van der Waals surface area contributed by atoms with Gasteiger partial charge < -0.3 is 20.4 Å².